The van der Waals surface area contributed by atoms with Crippen LogP contribution < -0.4 is 4.90 Å². The van der Waals surface area contributed by atoms with Gasteiger partial charge in [-0.25, -0.2) is 9.97 Å². The quantitative estimate of drug-likeness (QED) is 0.437. The summed E-state index contributed by atoms with van der Waals surface area (Å²) in [6.07, 6.45) is 4.41. The van der Waals surface area contributed by atoms with Gasteiger partial charge in [0, 0.05) is 12.6 Å². The fraction of sp³-hybridized carbons (Fsp3) is 0.545. The molecule has 1 aromatic rings. The normalized spacial score (nSPS) is 10.1. The van der Waals surface area contributed by atoms with Crippen molar-refractivity contribution in [2.24, 2.45) is 0 Å². The van der Waals surface area contributed by atoms with Gasteiger partial charge in [0.1, 0.15) is 23.7 Å². The molecule has 94 valence electrons. The predicted octanol–water partition coefficient (Wildman–Crippen LogP) is 1.59. The minimum atomic E-state index is -0.261. The van der Waals surface area contributed by atoms with Gasteiger partial charge in [-0.05, 0) is 12.7 Å². The molecule has 1 aromatic heterocycles. The minimum Gasteiger partial charge on any atom is -0.468 e. The molecule has 0 spiro atoms. The van der Waals surface area contributed by atoms with E-state index in [0.29, 0.717) is 0 Å². The fourth-order valence-corrected chi connectivity index (χ4v) is 1.76. The highest BCUT2D eigenvalue weighted by Crippen LogP contribution is 2.17. The summed E-state index contributed by atoms with van der Waals surface area (Å²) >= 11 is 1.55. The van der Waals surface area contributed by atoms with Crippen molar-refractivity contribution >= 4 is 23.5 Å². The first kappa shape index (κ1) is 13.8. The maximum Gasteiger partial charge on any atom is 0.325 e. The smallest absolute Gasteiger partial charge is 0.325 e. The largest absolute Gasteiger partial charge is 0.468 e. The second-order valence-electron chi connectivity index (χ2n) is 3.42. The lowest BCUT2D eigenvalue weighted by atomic mass is 10.4. The number of carbonyl (C=O) groups excluding carboxylic acids is 1. The van der Waals surface area contributed by atoms with Crippen LogP contribution in [0.15, 0.2) is 17.4 Å². The Bertz CT molecular complexity index is 373. The highest BCUT2D eigenvalue weighted by Gasteiger charge is 2.12. The molecular weight excluding hydrogens is 238 g/mol. The zero-order chi connectivity index (χ0) is 12.7. The van der Waals surface area contributed by atoms with Gasteiger partial charge in [0.15, 0.2) is 0 Å². The number of esters is 1. The molecule has 0 aliphatic heterocycles. The van der Waals surface area contributed by atoms with Crippen molar-refractivity contribution in [2.75, 3.05) is 31.4 Å². The van der Waals surface area contributed by atoms with E-state index in [0.717, 1.165) is 23.8 Å². The molecule has 0 unspecified atom stereocenters. The van der Waals surface area contributed by atoms with E-state index in [-0.39, 0.29) is 12.5 Å². The van der Waals surface area contributed by atoms with Crippen LogP contribution in [0.5, 0.6) is 0 Å². The molecule has 0 aliphatic rings. The Labute approximate surface area is 106 Å². The SMILES string of the molecule is CCCN(CC(=O)OC)c1cc(SC)ncn1. The molecule has 0 atom stereocenters. The van der Waals surface area contributed by atoms with Gasteiger partial charge in [0.25, 0.3) is 0 Å². The van der Waals surface area contributed by atoms with Crippen molar-refractivity contribution < 1.29 is 9.53 Å². The first-order chi connectivity index (χ1) is 8.21. The van der Waals surface area contributed by atoms with Gasteiger partial charge in [-0.2, -0.15) is 0 Å². The molecule has 0 aliphatic carbocycles. The van der Waals surface area contributed by atoms with Crippen molar-refractivity contribution in [1.82, 2.24) is 9.97 Å². The van der Waals surface area contributed by atoms with Gasteiger partial charge < -0.3 is 9.64 Å². The van der Waals surface area contributed by atoms with Gasteiger partial charge in [-0.3, -0.25) is 4.79 Å². The van der Waals surface area contributed by atoms with Crippen molar-refractivity contribution in [1.29, 1.82) is 0 Å². The van der Waals surface area contributed by atoms with E-state index in [9.17, 15) is 4.79 Å². The monoisotopic (exact) mass is 255 g/mol. The lowest BCUT2D eigenvalue weighted by molar-refractivity contribution is -0.138. The fourth-order valence-electron chi connectivity index (χ4n) is 1.38. The van der Waals surface area contributed by atoms with Crippen molar-refractivity contribution in [2.45, 2.75) is 18.4 Å². The number of aromatic nitrogens is 2. The number of thioether (sulfide) groups is 1. The molecule has 1 heterocycles. The average Bonchev–Trinajstić information content (AvgIpc) is 2.38. The summed E-state index contributed by atoms with van der Waals surface area (Å²) in [7, 11) is 1.39. The lowest BCUT2D eigenvalue weighted by Gasteiger charge is -2.21. The number of rotatable bonds is 6. The van der Waals surface area contributed by atoms with Crippen LogP contribution in [-0.2, 0) is 9.53 Å². The average molecular weight is 255 g/mol. The van der Waals surface area contributed by atoms with Crippen LogP contribution in [0.25, 0.3) is 0 Å². The zero-order valence-corrected chi connectivity index (χ0v) is 11.2. The third-order valence-corrected chi connectivity index (χ3v) is 2.84. The standard InChI is InChI=1S/C11H17N3O2S/c1-4-5-14(7-11(15)16-2)9-6-10(17-3)13-8-12-9/h6,8H,4-5,7H2,1-3H3. The molecule has 0 amide bonds. The molecule has 0 N–H and O–H groups in total. The first-order valence-electron chi connectivity index (χ1n) is 5.39. The third kappa shape index (κ3) is 4.22. The Morgan fingerprint density at radius 1 is 1.53 bits per heavy atom. The number of nitrogens with zero attached hydrogens (tertiary/aromatic N) is 3. The molecule has 17 heavy (non-hydrogen) atoms. The minimum absolute atomic E-state index is 0.217. The molecular formula is C11H17N3O2S. The van der Waals surface area contributed by atoms with Crippen molar-refractivity contribution in [3.05, 3.63) is 12.4 Å². The van der Waals surface area contributed by atoms with Crippen LogP contribution in [-0.4, -0.2) is 42.4 Å². The van der Waals surface area contributed by atoms with Crippen LogP contribution in [0, 0.1) is 0 Å². The summed E-state index contributed by atoms with van der Waals surface area (Å²) in [6, 6.07) is 1.88. The topological polar surface area (TPSA) is 55.3 Å². The summed E-state index contributed by atoms with van der Waals surface area (Å²) in [4.78, 5) is 21.5. The Hall–Kier alpha value is -1.30. The van der Waals surface area contributed by atoms with E-state index in [1.165, 1.54) is 13.4 Å². The van der Waals surface area contributed by atoms with E-state index in [4.69, 9.17) is 0 Å². The first-order valence-corrected chi connectivity index (χ1v) is 6.61. The van der Waals surface area contributed by atoms with Crippen LogP contribution in [0.4, 0.5) is 5.82 Å². The van der Waals surface area contributed by atoms with Crippen LogP contribution in [0.2, 0.25) is 0 Å². The Morgan fingerprint density at radius 3 is 2.88 bits per heavy atom. The van der Waals surface area contributed by atoms with Gasteiger partial charge in [0.2, 0.25) is 0 Å². The summed E-state index contributed by atoms with van der Waals surface area (Å²) in [5, 5.41) is 0.890. The highest BCUT2D eigenvalue weighted by molar-refractivity contribution is 7.98. The van der Waals surface area contributed by atoms with Gasteiger partial charge in [-0.1, -0.05) is 6.92 Å². The number of carbonyl (C=O) groups is 1. The maximum absolute atomic E-state index is 11.3. The number of methoxy groups -OCH3 is 1. The number of hydrogen-bond acceptors (Lipinski definition) is 6. The molecule has 0 saturated heterocycles. The van der Waals surface area contributed by atoms with E-state index < -0.39 is 0 Å². The Balaban J connectivity index is 2.84. The second kappa shape index (κ2) is 7.11. The third-order valence-electron chi connectivity index (χ3n) is 2.20. The summed E-state index contributed by atoms with van der Waals surface area (Å²) in [5.74, 6) is 0.499. The Kier molecular flexibility index (Phi) is 5.76. The molecule has 5 nitrogen and oxygen atoms in total. The highest BCUT2D eigenvalue weighted by atomic mass is 32.2. The predicted molar refractivity (Wildman–Crippen MR) is 68.3 cm³/mol. The van der Waals surface area contributed by atoms with Gasteiger partial charge in [0.05, 0.1) is 7.11 Å². The molecule has 0 aromatic carbocycles. The van der Waals surface area contributed by atoms with E-state index in [1.807, 2.05) is 17.2 Å². The lowest BCUT2D eigenvalue weighted by Crippen LogP contribution is -2.32. The van der Waals surface area contributed by atoms with Crippen molar-refractivity contribution in [3.8, 4) is 0 Å². The number of ether oxygens (including phenoxy) is 1. The summed E-state index contributed by atoms with van der Waals surface area (Å²) in [5.41, 5.74) is 0. The van der Waals surface area contributed by atoms with Crippen LogP contribution >= 0.6 is 11.8 Å². The van der Waals surface area contributed by atoms with Crippen LogP contribution in [0.3, 0.4) is 0 Å². The molecule has 0 saturated carbocycles. The summed E-state index contributed by atoms with van der Waals surface area (Å²) < 4.78 is 4.68. The van der Waals surface area contributed by atoms with E-state index in [2.05, 4.69) is 21.6 Å². The van der Waals surface area contributed by atoms with Gasteiger partial charge in [-0.15, -0.1) is 11.8 Å². The van der Waals surface area contributed by atoms with Crippen LogP contribution in [0.1, 0.15) is 13.3 Å². The van der Waals surface area contributed by atoms with E-state index >= 15 is 0 Å². The molecule has 1 rings (SSSR count). The molecule has 0 fully saturated rings. The number of hydrogen-bond donors (Lipinski definition) is 0. The summed E-state index contributed by atoms with van der Waals surface area (Å²) in [6.45, 7) is 3.04. The molecule has 0 bridgehead atoms. The van der Waals surface area contributed by atoms with Gasteiger partial charge >= 0.3 is 5.97 Å². The number of anilines is 1. The molecule has 6 heteroatoms. The van der Waals surface area contributed by atoms with E-state index in [1.54, 1.807) is 11.8 Å². The second-order valence-corrected chi connectivity index (χ2v) is 4.24. The van der Waals surface area contributed by atoms with Crippen molar-refractivity contribution in [3.63, 3.8) is 0 Å². The maximum atomic E-state index is 11.3. The zero-order valence-electron chi connectivity index (χ0n) is 10.3. The molecule has 0 radical (unpaired) electrons. The Morgan fingerprint density at radius 2 is 2.29 bits per heavy atom.